The molecule has 5 heteroatoms. The number of nitrogens with one attached hydrogen (secondary N) is 2. The van der Waals surface area contributed by atoms with Gasteiger partial charge in [-0.2, -0.15) is 0 Å². The minimum absolute atomic E-state index is 0.120. The van der Waals surface area contributed by atoms with Crippen LogP contribution in [0, 0.1) is 0 Å². The molecular formula is C20H19N3OS. The number of aromatic nitrogens is 1. The molecule has 25 heavy (non-hydrogen) atoms. The fourth-order valence-corrected chi connectivity index (χ4v) is 2.61. The summed E-state index contributed by atoms with van der Waals surface area (Å²) < 4.78 is 5.67. The number of anilines is 1. The molecule has 0 saturated carbocycles. The third kappa shape index (κ3) is 5.02. The van der Waals surface area contributed by atoms with Crippen molar-refractivity contribution in [1.29, 1.82) is 0 Å². The molecule has 0 saturated heterocycles. The number of nitrogens with zero attached hydrogens (tertiary/aromatic N) is 1. The maximum atomic E-state index is 5.67. The van der Waals surface area contributed by atoms with E-state index in [0.29, 0.717) is 11.0 Å². The summed E-state index contributed by atoms with van der Waals surface area (Å²) in [7, 11) is 0. The summed E-state index contributed by atoms with van der Waals surface area (Å²) >= 11 is 5.37. The molecule has 0 aliphatic heterocycles. The minimum atomic E-state index is 0.120. The first kappa shape index (κ1) is 16.9. The Kier molecular flexibility index (Phi) is 5.59. The molecule has 1 heterocycles. The summed E-state index contributed by atoms with van der Waals surface area (Å²) in [5, 5.41) is 6.95. The second-order valence-electron chi connectivity index (χ2n) is 5.53. The summed E-state index contributed by atoms with van der Waals surface area (Å²) in [4.78, 5) is 4.29. The van der Waals surface area contributed by atoms with Gasteiger partial charge in [-0.1, -0.05) is 48.5 Å². The van der Waals surface area contributed by atoms with Gasteiger partial charge in [-0.15, -0.1) is 0 Å². The van der Waals surface area contributed by atoms with E-state index in [1.54, 1.807) is 12.3 Å². The summed E-state index contributed by atoms with van der Waals surface area (Å²) in [6, 6.07) is 23.5. The van der Waals surface area contributed by atoms with Crippen molar-refractivity contribution in [2.45, 2.75) is 13.0 Å². The van der Waals surface area contributed by atoms with Crippen molar-refractivity contribution in [3.63, 3.8) is 0 Å². The van der Waals surface area contributed by atoms with Crippen LogP contribution in [-0.4, -0.2) is 10.1 Å². The third-order valence-electron chi connectivity index (χ3n) is 3.61. The molecule has 1 aromatic heterocycles. The zero-order chi connectivity index (χ0) is 17.5. The first-order valence-electron chi connectivity index (χ1n) is 8.02. The van der Waals surface area contributed by atoms with Crippen LogP contribution in [0.5, 0.6) is 11.6 Å². The second kappa shape index (κ2) is 8.26. The lowest BCUT2D eigenvalue weighted by Gasteiger charge is -2.17. The molecule has 0 radical (unpaired) electrons. The maximum Gasteiger partial charge on any atom is 0.219 e. The topological polar surface area (TPSA) is 46.2 Å². The fraction of sp³-hybridized carbons (Fsp3) is 0.100. The summed E-state index contributed by atoms with van der Waals surface area (Å²) in [5.74, 6) is 1.29. The Morgan fingerprint density at radius 3 is 2.28 bits per heavy atom. The predicted molar refractivity (Wildman–Crippen MR) is 105 cm³/mol. The van der Waals surface area contributed by atoms with Gasteiger partial charge in [-0.3, -0.25) is 0 Å². The third-order valence-corrected chi connectivity index (χ3v) is 3.83. The monoisotopic (exact) mass is 349 g/mol. The fourth-order valence-electron chi connectivity index (χ4n) is 2.31. The molecule has 0 spiro atoms. The summed E-state index contributed by atoms with van der Waals surface area (Å²) in [6.45, 7) is 2.07. The van der Waals surface area contributed by atoms with Crippen LogP contribution in [0.2, 0.25) is 0 Å². The molecule has 0 aliphatic rings. The van der Waals surface area contributed by atoms with Crippen molar-refractivity contribution in [2.75, 3.05) is 5.32 Å². The molecule has 0 fully saturated rings. The molecule has 1 atom stereocenters. The van der Waals surface area contributed by atoms with E-state index in [4.69, 9.17) is 17.0 Å². The van der Waals surface area contributed by atoms with Crippen LogP contribution in [0.25, 0.3) is 0 Å². The lowest BCUT2D eigenvalue weighted by molar-refractivity contribution is 0.463. The standard InChI is InChI=1S/C20H19N3OS/c1-15(16-8-4-2-5-9-16)22-20(25)23-17-12-13-19(21-14-17)24-18-10-6-3-7-11-18/h2-15H,1H3,(H2,22,23,25)/t15-/m0/s1. The van der Waals surface area contributed by atoms with E-state index >= 15 is 0 Å². The Labute approximate surface area is 152 Å². The van der Waals surface area contributed by atoms with Crippen LogP contribution in [0.1, 0.15) is 18.5 Å². The Bertz CT molecular complexity index is 807. The number of ether oxygens (including phenoxy) is 1. The van der Waals surface area contributed by atoms with Crippen molar-refractivity contribution >= 4 is 23.0 Å². The Hall–Kier alpha value is -2.92. The van der Waals surface area contributed by atoms with Gasteiger partial charge in [0.15, 0.2) is 5.11 Å². The lowest BCUT2D eigenvalue weighted by atomic mass is 10.1. The number of rotatable bonds is 5. The van der Waals surface area contributed by atoms with Crippen LogP contribution in [0.3, 0.4) is 0 Å². The van der Waals surface area contributed by atoms with Crippen LogP contribution in [0.15, 0.2) is 79.0 Å². The largest absolute Gasteiger partial charge is 0.439 e. The lowest BCUT2D eigenvalue weighted by Crippen LogP contribution is -2.30. The van der Waals surface area contributed by atoms with Crippen LogP contribution in [-0.2, 0) is 0 Å². The number of hydrogen-bond donors (Lipinski definition) is 2. The van der Waals surface area contributed by atoms with Crippen molar-refractivity contribution in [2.24, 2.45) is 0 Å². The number of thiocarbonyl (C=S) groups is 1. The van der Waals surface area contributed by atoms with Gasteiger partial charge in [0.05, 0.1) is 17.9 Å². The molecule has 2 aromatic carbocycles. The van der Waals surface area contributed by atoms with E-state index in [9.17, 15) is 0 Å². The highest BCUT2D eigenvalue weighted by Gasteiger charge is 2.07. The smallest absolute Gasteiger partial charge is 0.219 e. The van der Waals surface area contributed by atoms with Gasteiger partial charge in [-0.25, -0.2) is 4.98 Å². The highest BCUT2D eigenvalue weighted by Crippen LogP contribution is 2.20. The van der Waals surface area contributed by atoms with Crippen LogP contribution < -0.4 is 15.4 Å². The van der Waals surface area contributed by atoms with E-state index in [0.717, 1.165) is 11.4 Å². The quantitative estimate of drug-likeness (QED) is 0.640. The van der Waals surface area contributed by atoms with Crippen LogP contribution >= 0.6 is 12.2 Å². The van der Waals surface area contributed by atoms with Gasteiger partial charge >= 0.3 is 0 Å². The molecular weight excluding hydrogens is 330 g/mol. The number of benzene rings is 2. The Morgan fingerprint density at radius 2 is 1.64 bits per heavy atom. The van der Waals surface area contributed by atoms with Crippen LogP contribution in [0.4, 0.5) is 5.69 Å². The first-order valence-corrected chi connectivity index (χ1v) is 8.43. The minimum Gasteiger partial charge on any atom is -0.439 e. The van der Waals surface area contributed by atoms with Crippen molar-refractivity contribution in [3.8, 4) is 11.6 Å². The maximum absolute atomic E-state index is 5.67. The summed E-state index contributed by atoms with van der Waals surface area (Å²) in [5.41, 5.74) is 1.98. The predicted octanol–water partition coefficient (Wildman–Crippen LogP) is 4.92. The van der Waals surface area contributed by atoms with E-state index < -0.39 is 0 Å². The molecule has 2 N–H and O–H groups in total. The summed E-state index contributed by atoms with van der Waals surface area (Å²) in [6.07, 6.45) is 1.69. The number of hydrogen-bond acceptors (Lipinski definition) is 3. The average Bonchev–Trinajstić information content (AvgIpc) is 2.65. The number of para-hydroxylation sites is 1. The van der Waals surface area contributed by atoms with Gasteiger partial charge in [0.25, 0.3) is 0 Å². The van der Waals surface area contributed by atoms with Gasteiger partial charge in [0.1, 0.15) is 5.75 Å². The van der Waals surface area contributed by atoms with Crippen molar-refractivity contribution in [1.82, 2.24) is 10.3 Å². The van der Waals surface area contributed by atoms with Crippen molar-refractivity contribution < 1.29 is 4.74 Å². The van der Waals surface area contributed by atoms with Gasteiger partial charge in [0, 0.05) is 6.07 Å². The Balaban J connectivity index is 1.55. The van der Waals surface area contributed by atoms with E-state index in [1.807, 2.05) is 54.6 Å². The normalized spacial score (nSPS) is 11.4. The zero-order valence-corrected chi connectivity index (χ0v) is 14.7. The van der Waals surface area contributed by atoms with E-state index in [-0.39, 0.29) is 6.04 Å². The van der Waals surface area contributed by atoms with E-state index in [1.165, 1.54) is 5.56 Å². The SMILES string of the molecule is C[C@H](NC(=S)Nc1ccc(Oc2ccccc2)nc1)c1ccccc1. The molecule has 4 nitrogen and oxygen atoms in total. The van der Waals surface area contributed by atoms with Crippen molar-refractivity contribution in [3.05, 3.63) is 84.6 Å². The highest BCUT2D eigenvalue weighted by atomic mass is 32.1. The zero-order valence-electron chi connectivity index (χ0n) is 13.8. The van der Waals surface area contributed by atoms with E-state index in [2.05, 4.69) is 34.7 Å². The van der Waals surface area contributed by atoms with Gasteiger partial charge in [0.2, 0.25) is 5.88 Å². The van der Waals surface area contributed by atoms with Gasteiger partial charge < -0.3 is 15.4 Å². The molecule has 3 rings (SSSR count). The highest BCUT2D eigenvalue weighted by molar-refractivity contribution is 7.80. The molecule has 3 aromatic rings. The number of pyridine rings is 1. The first-order chi connectivity index (χ1) is 12.2. The second-order valence-corrected chi connectivity index (χ2v) is 5.94. The molecule has 126 valence electrons. The molecule has 0 amide bonds. The van der Waals surface area contributed by atoms with Gasteiger partial charge in [-0.05, 0) is 42.9 Å². The molecule has 0 unspecified atom stereocenters. The Morgan fingerprint density at radius 1 is 0.960 bits per heavy atom. The average molecular weight is 349 g/mol. The molecule has 0 bridgehead atoms. The molecule has 0 aliphatic carbocycles.